The quantitative estimate of drug-likeness (QED) is 0.885. The Morgan fingerprint density at radius 1 is 1.44 bits per heavy atom. The number of aromatic nitrogens is 3. The maximum absolute atomic E-state index is 5.87. The minimum Gasteiger partial charge on any atom is -0.383 e. The highest BCUT2D eigenvalue weighted by Crippen LogP contribution is 2.16. The van der Waals surface area contributed by atoms with E-state index >= 15 is 0 Å². The molecular weight excluding hydrogens is 224 g/mol. The van der Waals surface area contributed by atoms with Gasteiger partial charge in [-0.15, -0.1) is 0 Å². The van der Waals surface area contributed by atoms with Gasteiger partial charge in [-0.2, -0.15) is 5.10 Å². The summed E-state index contributed by atoms with van der Waals surface area (Å²) in [6.07, 6.45) is 5.04. The number of nitrogens with zero attached hydrogens (tertiary/aromatic N) is 3. The highest BCUT2D eigenvalue weighted by Gasteiger charge is 2.04. The van der Waals surface area contributed by atoms with E-state index in [9.17, 15) is 0 Å². The SMILES string of the molecule is Cn1nccc1CCc1cc(Cl)cnc1N. The number of halogens is 1. The molecule has 0 unspecified atom stereocenters. The second kappa shape index (κ2) is 4.53. The molecule has 0 aromatic carbocycles. The van der Waals surface area contributed by atoms with Crippen LogP contribution in [0.2, 0.25) is 5.02 Å². The van der Waals surface area contributed by atoms with Crippen LogP contribution in [0.1, 0.15) is 11.3 Å². The van der Waals surface area contributed by atoms with Crippen molar-refractivity contribution >= 4 is 17.4 Å². The van der Waals surface area contributed by atoms with Gasteiger partial charge in [-0.3, -0.25) is 4.68 Å². The van der Waals surface area contributed by atoms with Crippen LogP contribution in [-0.4, -0.2) is 14.8 Å². The summed E-state index contributed by atoms with van der Waals surface area (Å²) in [4.78, 5) is 4.02. The molecule has 2 aromatic rings. The third-order valence-corrected chi connectivity index (χ3v) is 2.75. The van der Waals surface area contributed by atoms with E-state index in [1.807, 2.05) is 23.9 Å². The number of aryl methyl sites for hydroxylation is 3. The molecule has 5 heteroatoms. The molecule has 2 N–H and O–H groups in total. The second-order valence-corrected chi connectivity index (χ2v) is 4.08. The lowest BCUT2D eigenvalue weighted by molar-refractivity contribution is 0.703. The summed E-state index contributed by atoms with van der Waals surface area (Å²) in [5, 5.41) is 4.73. The van der Waals surface area contributed by atoms with Crippen molar-refractivity contribution in [1.29, 1.82) is 0 Å². The summed E-state index contributed by atoms with van der Waals surface area (Å²) in [5.41, 5.74) is 7.92. The first-order valence-corrected chi connectivity index (χ1v) is 5.41. The molecule has 0 amide bonds. The Balaban J connectivity index is 2.10. The number of anilines is 1. The van der Waals surface area contributed by atoms with Crippen molar-refractivity contribution in [3.05, 3.63) is 40.8 Å². The molecule has 16 heavy (non-hydrogen) atoms. The highest BCUT2D eigenvalue weighted by atomic mass is 35.5. The van der Waals surface area contributed by atoms with Gasteiger partial charge in [-0.05, 0) is 30.5 Å². The Morgan fingerprint density at radius 3 is 2.94 bits per heavy atom. The van der Waals surface area contributed by atoms with E-state index < -0.39 is 0 Å². The van der Waals surface area contributed by atoms with E-state index in [1.54, 1.807) is 12.4 Å². The van der Waals surface area contributed by atoms with Crippen molar-refractivity contribution in [2.75, 3.05) is 5.73 Å². The summed E-state index contributed by atoms with van der Waals surface area (Å²) >= 11 is 5.87. The summed E-state index contributed by atoms with van der Waals surface area (Å²) in [6, 6.07) is 3.86. The molecule has 0 aliphatic rings. The zero-order valence-corrected chi connectivity index (χ0v) is 9.78. The smallest absolute Gasteiger partial charge is 0.126 e. The first kappa shape index (κ1) is 11.0. The van der Waals surface area contributed by atoms with Crippen LogP contribution in [0.5, 0.6) is 0 Å². The number of rotatable bonds is 3. The van der Waals surface area contributed by atoms with E-state index in [0.29, 0.717) is 10.8 Å². The molecule has 0 aliphatic heterocycles. The van der Waals surface area contributed by atoms with Gasteiger partial charge in [0.25, 0.3) is 0 Å². The highest BCUT2D eigenvalue weighted by molar-refractivity contribution is 6.30. The maximum Gasteiger partial charge on any atom is 0.126 e. The van der Waals surface area contributed by atoms with Crippen molar-refractivity contribution in [3.8, 4) is 0 Å². The first-order valence-electron chi connectivity index (χ1n) is 5.03. The summed E-state index contributed by atoms with van der Waals surface area (Å²) in [6.45, 7) is 0. The van der Waals surface area contributed by atoms with Crippen molar-refractivity contribution in [1.82, 2.24) is 14.8 Å². The van der Waals surface area contributed by atoms with E-state index in [0.717, 1.165) is 18.4 Å². The topological polar surface area (TPSA) is 56.7 Å². The largest absolute Gasteiger partial charge is 0.383 e. The lowest BCUT2D eigenvalue weighted by atomic mass is 10.1. The molecule has 0 bridgehead atoms. The fourth-order valence-electron chi connectivity index (χ4n) is 1.60. The zero-order chi connectivity index (χ0) is 11.5. The van der Waals surface area contributed by atoms with Crippen LogP contribution < -0.4 is 5.73 Å². The Morgan fingerprint density at radius 2 is 2.25 bits per heavy atom. The van der Waals surface area contributed by atoms with Gasteiger partial charge in [0.05, 0.1) is 5.02 Å². The summed E-state index contributed by atoms with van der Waals surface area (Å²) < 4.78 is 1.86. The van der Waals surface area contributed by atoms with Gasteiger partial charge < -0.3 is 5.73 Å². The normalized spacial score (nSPS) is 10.6. The Hall–Kier alpha value is -1.55. The molecule has 2 aromatic heterocycles. The predicted molar refractivity (Wildman–Crippen MR) is 64.3 cm³/mol. The molecule has 4 nitrogen and oxygen atoms in total. The van der Waals surface area contributed by atoms with Crippen molar-refractivity contribution in [2.24, 2.45) is 7.05 Å². The molecule has 0 aliphatic carbocycles. The lowest BCUT2D eigenvalue weighted by Crippen LogP contribution is -2.03. The third kappa shape index (κ3) is 2.33. The Labute approximate surface area is 99.1 Å². The molecule has 0 atom stereocenters. The number of hydrogen-bond donors (Lipinski definition) is 1. The maximum atomic E-state index is 5.87. The van der Waals surface area contributed by atoms with Crippen LogP contribution in [0.15, 0.2) is 24.5 Å². The van der Waals surface area contributed by atoms with E-state index in [2.05, 4.69) is 10.1 Å². The minimum absolute atomic E-state index is 0.548. The average molecular weight is 237 g/mol. The fraction of sp³-hybridized carbons (Fsp3) is 0.273. The summed E-state index contributed by atoms with van der Waals surface area (Å²) in [5.74, 6) is 0.548. The van der Waals surface area contributed by atoms with Crippen molar-refractivity contribution in [3.63, 3.8) is 0 Å². The van der Waals surface area contributed by atoms with Crippen molar-refractivity contribution in [2.45, 2.75) is 12.8 Å². The molecule has 0 radical (unpaired) electrons. The van der Waals surface area contributed by atoms with Crippen LogP contribution >= 0.6 is 11.6 Å². The average Bonchev–Trinajstić information content (AvgIpc) is 2.66. The monoisotopic (exact) mass is 236 g/mol. The third-order valence-electron chi connectivity index (χ3n) is 2.54. The van der Waals surface area contributed by atoms with E-state index in [-0.39, 0.29) is 0 Å². The molecule has 2 heterocycles. The number of nitrogen functional groups attached to an aromatic ring is 1. The molecule has 0 fully saturated rings. The van der Waals surface area contributed by atoms with Crippen LogP contribution in [-0.2, 0) is 19.9 Å². The second-order valence-electron chi connectivity index (χ2n) is 3.64. The Bertz CT molecular complexity index is 492. The standard InChI is InChI=1S/C11H13ClN4/c1-16-10(4-5-15-16)3-2-8-6-9(12)7-14-11(8)13/h4-7H,2-3H2,1H3,(H2,13,14). The first-order chi connectivity index (χ1) is 7.66. The van der Waals surface area contributed by atoms with Crippen LogP contribution in [0.25, 0.3) is 0 Å². The van der Waals surface area contributed by atoms with Gasteiger partial charge in [0.15, 0.2) is 0 Å². The van der Waals surface area contributed by atoms with Crippen LogP contribution in [0.3, 0.4) is 0 Å². The minimum atomic E-state index is 0.548. The predicted octanol–water partition coefficient (Wildman–Crippen LogP) is 1.84. The van der Waals surface area contributed by atoms with E-state index in [1.165, 1.54) is 5.69 Å². The number of nitrogens with two attached hydrogens (primary N) is 1. The lowest BCUT2D eigenvalue weighted by Gasteiger charge is -2.05. The zero-order valence-electron chi connectivity index (χ0n) is 9.02. The fourth-order valence-corrected chi connectivity index (χ4v) is 1.78. The van der Waals surface area contributed by atoms with Crippen molar-refractivity contribution < 1.29 is 0 Å². The van der Waals surface area contributed by atoms with E-state index in [4.69, 9.17) is 17.3 Å². The van der Waals surface area contributed by atoms with Gasteiger partial charge in [0, 0.05) is 25.1 Å². The molecule has 0 saturated heterocycles. The van der Waals surface area contributed by atoms with Gasteiger partial charge >= 0.3 is 0 Å². The van der Waals surface area contributed by atoms with Crippen LogP contribution in [0, 0.1) is 0 Å². The number of pyridine rings is 1. The summed E-state index contributed by atoms with van der Waals surface area (Å²) in [7, 11) is 1.93. The molecule has 84 valence electrons. The van der Waals surface area contributed by atoms with Crippen LogP contribution in [0.4, 0.5) is 5.82 Å². The molecule has 2 rings (SSSR count). The number of hydrogen-bond acceptors (Lipinski definition) is 3. The molecular formula is C11H13ClN4. The molecule has 0 spiro atoms. The molecule has 0 saturated carbocycles. The van der Waals surface area contributed by atoms with Gasteiger partial charge in [0.1, 0.15) is 5.82 Å². The Kier molecular flexibility index (Phi) is 3.10. The van der Waals surface area contributed by atoms with Gasteiger partial charge in [-0.25, -0.2) is 4.98 Å². The van der Waals surface area contributed by atoms with Gasteiger partial charge in [0.2, 0.25) is 0 Å². The van der Waals surface area contributed by atoms with Gasteiger partial charge in [-0.1, -0.05) is 11.6 Å².